The Balaban J connectivity index is 1.56. The molecule has 3 aromatic rings. The van der Waals surface area contributed by atoms with E-state index in [0.29, 0.717) is 10.2 Å². The first kappa shape index (κ1) is 18.1. The summed E-state index contributed by atoms with van der Waals surface area (Å²) in [6, 6.07) is 14.9. The molecule has 0 aliphatic rings. The van der Waals surface area contributed by atoms with E-state index in [0.717, 1.165) is 16.8 Å². The third kappa shape index (κ3) is 4.68. The number of benzene rings is 2. The first-order chi connectivity index (χ1) is 12.6. The van der Waals surface area contributed by atoms with Gasteiger partial charge in [0.05, 0.1) is 17.7 Å². The number of hydrogen-bond donors (Lipinski definition) is 1. The van der Waals surface area contributed by atoms with E-state index in [4.69, 9.17) is 11.6 Å². The molecule has 0 saturated heterocycles. The van der Waals surface area contributed by atoms with Crippen molar-refractivity contribution in [3.05, 3.63) is 64.7 Å². The fourth-order valence-corrected chi connectivity index (χ4v) is 2.91. The Morgan fingerprint density at radius 2 is 2.04 bits per heavy atom. The number of thioether (sulfide) groups is 1. The third-order valence-corrected chi connectivity index (χ3v) is 4.56. The van der Waals surface area contributed by atoms with Gasteiger partial charge in [-0.3, -0.25) is 4.79 Å². The van der Waals surface area contributed by atoms with Gasteiger partial charge in [-0.25, -0.2) is 5.43 Å². The molecule has 1 heterocycles. The summed E-state index contributed by atoms with van der Waals surface area (Å²) in [5, 5.41) is 16.8. The molecule has 0 fully saturated rings. The van der Waals surface area contributed by atoms with Crippen LogP contribution in [-0.4, -0.2) is 38.1 Å². The van der Waals surface area contributed by atoms with Crippen LogP contribution in [0.2, 0.25) is 5.02 Å². The van der Waals surface area contributed by atoms with Gasteiger partial charge in [-0.2, -0.15) is 9.78 Å². The van der Waals surface area contributed by atoms with Crippen LogP contribution < -0.4 is 5.43 Å². The van der Waals surface area contributed by atoms with Gasteiger partial charge in [0.2, 0.25) is 5.16 Å². The molecule has 0 aliphatic heterocycles. The minimum absolute atomic E-state index is 0.143. The summed E-state index contributed by atoms with van der Waals surface area (Å²) in [6.07, 6.45) is 1.55. The second-order valence-electron chi connectivity index (χ2n) is 5.29. The summed E-state index contributed by atoms with van der Waals surface area (Å²) in [7, 11) is 0. The maximum Gasteiger partial charge on any atom is 0.250 e. The molecular weight excluding hydrogens is 372 g/mol. The Morgan fingerprint density at radius 3 is 2.81 bits per heavy atom. The molecule has 1 aromatic heterocycles. The van der Waals surface area contributed by atoms with E-state index in [1.54, 1.807) is 23.0 Å². The van der Waals surface area contributed by atoms with Gasteiger partial charge in [0.15, 0.2) is 0 Å². The highest BCUT2D eigenvalue weighted by Crippen LogP contribution is 2.20. The zero-order chi connectivity index (χ0) is 18.4. The lowest BCUT2D eigenvalue weighted by Gasteiger charge is -2.06. The lowest BCUT2D eigenvalue weighted by molar-refractivity contribution is -0.118. The van der Waals surface area contributed by atoms with Crippen molar-refractivity contribution in [1.82, 2.24) is 25.6 Å². The Morgan fingerprint density at radius 1 is 1.27 bits per heavy atom. The number of hydrazone groups is 1. The number of para-hydroxylation sites is 1. The molecule has 9 heteroatoms. The fraction of sp³-hybridized carbons (Fsp3) is 0.118. The second-order valence-corrected chi connectivity index (χ2v) is 6.67. The van der Waals surface area contributed by atoms with Gasteiger partial charge >= 0.3 is 0 Å². The summed E-state index contributed by atoms with van der Waals surface area (Å²) >= 11 is 7.05. The van der Waals surface area contributed by atoms with Gasteiger partial charge in [-0.15, -0.1) is 5.10 Å². The van der Waals surface area contributed by atoms with Crippen LogP contribution >= 0.6 is 23.4 Å². The lowest BCUT2D eigenvalue weighted by atomic mass is 10.2. The van der Waals surface area contributed by atoms with Crippen LogP contribution in [-0.2, 0) is 4.79 Å². The van der Waals surface area contributed by atoms with E-state index in [1.807, 2.05) is 43.3 Å². The Hall–Kier alpha value is -2.71. The molecule has 3 rings (SSSR count). The molecule has 0 saturated carbocycles. The highest BCUT2D eigenvalue weighted by molar-refractivity contribution is 7.99. The number of nitrogens with one attached hydrogen (secondary N) is 1. The van der Waals surface area contributed by atoms with E-state index in [1.165, 1.54) is 11.8 Å². The molecule has 0 radical (unpaired) electrons. The number of aryl methyl sites for hydroxylation is 1. The van der Waals surface area contributed by atoms with E-state index < -0.39 is 0 Å². The first-order valence-electron chi connectivity index (χ1n) is 7.68. The number of halogens is 1. The molecule has 1 amide bonds. The van der Waals surface area contributed by atoms with Gasteiger partial charge in [0.25, 0.3) is 5.91 Å². The number of rotatable bonds is 6. The highest BCUT2D eigenvalue weighted by Gasteiger charge is 2.12. The van der Waals surface area contributed by atoms with Crippen molar-refractivity contribution in [3.8, 4) is 5.69 Å². The summed E-state index contributed by atoms with van der Waals surface area (Å²) in [5.41, 5.74) is 5.23. The van der Waals surface area contributed by atoms with Gasteiger partial charge in [0.1, 0.15) is 0 Å². The third-order valence-electron chi connectivity index (χ3n) is 3.39. The summed E-state index contributed by atoms with van der Waals surface area (Å²) in [4.78, 5) is 12.0. The average molecular weight is 387 g/mol. The van der Waals surface area contributed by atoms with Crippen LogP contribution in [0.5, 0.6) is 0 Å². The predicted molar refractivity (Wildman–Crippen MR) is 102 cm³/mol. The topological polar surface area (TPSA) is 85.1 Å². The number of hydrogen-bond acceptors (Lipinski definition) is 6. The average Bonchev–Trinajstić information content (AvgIpc) is 3.10. The van der Waals surface area contributed by atoms with Crippen LogP contribution in [0, 0.1) is 6.92 Å². The van der Waals surface area contributed by atoms with Crippen molar-refractivity contribution < 1.29 is 4.79 Å². The largest absolute Gasteiger partial charge is 0.272 e. The molecule has 2 aromatic carbocycles. The molecule has 0 spiro atoms. The first-order valence-corrected chi connectivity index (χ1v) is 9.04. The molecule has 0 aliphatic carbocycles. The number of tetrazole rings is 1. The Kier molecular flexibility index (Phi) is 5.98. The van der Waals surface area contributed by atoms with E-state index in [-0.39, 0.29) is 11.7 Å². The molecule has 0 atom stereocenters. The Labute approximate surface area is 159 Å². The Bertz CT molecular complexity index is 925. The molecule has 1 N–H and O–H groups in total. The van der Waals surface area contributed by atoms with Crippen molar-refractivity contribution in [2.75, 3.05) is 5.75 Å². The predicted octanol–water partition coefficient (Wildman–Crippen LogP) is 2.87. The molecule has 132 valence electrons. The second kappa shape index (κ2) is 8.59. The number of nitrogens with zero attached hydrogens (tertiary/aromatic N) is 5. The van der Waals surface area contributed by atoms with Crippen LogP contribution in [0.25, 0.3) is 5.69 Å². The summed E-state index contributed by atoms with van der Waals surface area (Å²) in [5.74, 6) is -0.107. The van der Waals surface area contributed by atoms with Gasteiger partial charge in [-0.05, 0) is 46.7 Å². The lowest BCUT2D eigenvalue weighted by Crippen LogP contribution is -2.20. The highest BCUT2D eigenvalue weighted by atomic mass is 35.5. The van der Waals surface area contributed by atoms with Crippen LogP contribution in [0.4, 0.5) is 0 Å². The number of amides is 1. The van der Waals surface area contributed by atoms with E-state index in [9.17, 15) is 4.79 Å². The molecule has 26 heavy (non-hydrogen) atoms. The standard InChI is InChI=1S/C17H15ClN6OS/c1-12-4-2-3-5-15(12)24-17(21-22-23-24)26-11-16(25)20-19-10-13-6-8-14(18)9-7-13/h2-10H,11H2,1H3,(H,20,25)/b19-10-. The maximum atomic E-state index is 12.0. The molecule has 0 unspecified atom stereocenters. The van der Waals surface area contributed by atoms with Crippen molar-refractivity contribution in [2.24, 2.45) is 5.10 Å². The quantitative estimate of drug-likeness (QED) is 0.400. The molecule has 7 nitrogen and oxygen atoms in total. The minimum atomic E-state index is -0.250. The summed E-state index contributed by atoms with van der Waals surface area (Å²) < 4.78 is 1.62. The van der Waals surface area contributed by atoms with Gasteiger partial charge in [-0.1, -0.05) is 53.7 Å². The molecule has 0 bridgehead atoms. The number of aromatic nitrogens is 4. The van der Waals surface area contributed by atoms with Crippen molar-refractivity contribution in [1.29, 1.82) is 0 Å². The monoisotopic (exact) mass is 386 g/mol. The smallest absolute Gasteiger partial charge is 0.250 e. The fourth-order valence-electron chi connectivity index (χ4n) is 2.11. The zero-order valence-electron chi connectivity index (χ0n) is 13.8. The van der Waals surface area contributed by atoms with Crippen LogP contribution in [0.3, 0.4) is 0 Å². The van der Waals surface area contributed by atoms with Crippen molar-refractivity contribution in [2.45, 2.75) is 12.1 Å². The number of carbonyl (C=O) groups excluding carboxylic acids is 1. The van der Waals surface area contributed by atoms with Crippen LogP contribution in [0.1, 0.15) is 11.1 Å². The number of carbonyl (C=O) groups is 1. The van der Waals surface area contributed by atoms with Crippen molar-refractivity contribution >= 4 is 35.5 Å². The minimum Gasteiger partial charge on any atom is -0.272 e. The SMILES string of the molecule is Cc1ccccc1-n1nnnc1SCC(=O)N/N=C\c1ccc(Cl)cc1. The van der Waals surface area contributed by atoms with Gasteiger partial charge < -0.3 is 0 Å². The van der Waals surface area contributed by atoms with Crippen molar-refractivity contribution in [3.63, 3.8) is 0 Å². The molecular formula is C17H15ClN6OS. The maximum absolute atomic E-state index is 12.0. The normalized spacial score (nSPS) is 11.0. The van der Waals surface area contributed by atoms with Gasteiger partial charge in [0, 0.05) is 5.02 Å². The van der Waals surface area contributed by atoms with Crippen LogP contribution in [0.15, 0.2) is 58.8 Å². The summed E-state index contributed by atoms with van der Waals surface area (Å²) in [6.45, 7) is 1.98. The van der Waals surface area contributed by atoms with E-state index >= 15 is 0 Å². The zero-order valence-corrected chi connectivity index (χ0v) is 15.4. The van der Waals surface area contributed by atoms with E-state index in [2.05, 4.69) is 26.1 Å².